The van der Waals surface area contributed by atoms with Crippen molar-refractivity contribution in [1.29, 1.82) is 0 Å². The summed E-state index contributed by atoms with van der Waals surface area (Å²) in [4.78, 5) is 31.2. The summed E-state index contributed by atoms with van der Waals surface area (Å²) in [6.45, 7) is 8.45. The van der Waals surface area contributed by atoms with Crippen LogP contribution in [-0.2, 0) is 14.3 Å². The monoisotopic (exact) mass is 445 g/mol. The van der Waals surface area contributed by atoms with E-state index in [2.05, 4.69) is 13.8 Å². The van der Waals surface area contributed by atoms with Crippen LogP contribution in [0.15, 0.2) is 28.4 Å². The van der Waals surface area contributed by atoms with E-state index in [1.165, 1.54) is 0 Å². The van der Waals surface area contributed by atoms with Crippen LogP contribution in [0, 0.1) is 11.3 Å². The van der Waals surface area contributed by atoms with Gasteiger partial charge in [-0.15, -0.1) is 0 Å². The Morgan fingerprint density at radius 1 is 1.26 bits per heavy atom. The Balaban J connectivity index is 1.83. The van der Waals surface area contributed by atoms with Crippen molar-refractivity contribution < 1.29 is 23.8 Å². The van der Waals surface area contributed by atoms with E-state index >= 15 is 0 Å². The molecule has 1 aliphatic carbocycles. The molecule has 4 rings (SSSR count). The van der Waals surface area contributed by atoms with Crippen LogP contribution in [-0.4, -0.2) is 30.9 Å². The lowest BCUT2D eigenvalue weighted by atomic mass is 9.67. The first kappa shape index (κ1) is 21.9. The lowest BCUT2D eigenvalue weighted by Crippen LogP contribution is -2.39. The molecule has 1 aromatic carbocycles. The predicted octanol–water partition coefficient (Wildman–Crippen LogP) is 5.23. The van der Waals surface area contributed by atoms with Gasteiger partial charge in [0.1, 0.15) is 5.92 Å². The van der Waals surface area contributed by atoms with Gasteiger partial charge in [-0.3, -0.25) is 14.6 Å². The molecule has 0 radical (unpaired) electrons. The van der Waals surface area contributed by atoms with E-state index in [1.807, 2.05) is 13.8 Å². The van der Waals surface area contributed by atoms with Crippen LogP contribution >= 0.6 is 11.6 Å². The van der Waals surface area contributed by atoms with Gasteiger partial charge in [0, 0.05) is 40.4 Å². The fraction of sp³-hybridized carbons (Fsp3) is 0.542. The van der Waals surface area contributed by atoms with E-state index in [4.69, 9.17) is 30.8 Å². The molecule has 2 aliphatic heterocycles. The number of fused-ring (bicyclic) bond motifs is 1. The number of halogens is 1. The summed E-state index contributed by atoms with van der Waals surface area (Å²) in [5, 5.41) is 0.430. The Kier molecular flexibility index (Phi) is 5.86. The number of aliphatic imine (C=N–C) groups is 1. The fourth-order valence-electron chi connectivity index (χ4n) is 4.66. The van der Waals surface area contributed by atoms with Crippen LogP contribution in [0.25, 0.3) is 0 Å². The number of carbonyl (C=O) groups excluding carboxylic acids is 2. The molecule has 0 amide bonds. The zero-order chi connectivity index (χ0) is 22.3. The number of nitrogens with zero attached hydrogens (tertiary/aromatic N) is 1. The largest absolute Gasteiger partial charge is 0.465 e. The average Bonchev–Trinajstić information content (AvgIpc) is 3.12. The Bertz CT molecular complexity index is 994. The van der Waals surface area contributed by atoms with Crippen molar-refractivity contribution in [1.82, 2.24) is 0 Å². The molecule has 0 saturated heterocycles. The smallest absolute Gasteiger partial charge is 0.315 e. The zero-order valence-electron chi connectivity index (χ0n) is 18.4. The van der Waals surface area contributed by atoms with Crippen LogP contribution < -0.4 is 9.47 Å². The summed E-state index contributed by atoms with van der Waals surface area (Å²) < 4.78 is 16.6. The number of Topliss-reactive ketones (excluding diaryl/α,β-unsaturated/α-hetero) is 1. The maximum absolute atomic E-state index is 13.3. The van der Waals surface area contributed by atoms with Crippen molar-refractivity contribution in [2.75, 3.05) is 13.4 Å². The molecule has 6 nitrogen and oxygen atoms in total. The predicted molar refractivity (Wildman–Crippen MR) is 118 cm³/mol. The highest BCUT2D eigenvalue weighted by atomic mass is 35.5. The Hall–Kier alpha value is -2.34. The van der Waals surface area contributed by atoms with E-state index in [0.717, 1.165) is 18.5 Å². The molecule has 0 saturated carbocycles. The van der Waals surface area contributed by atoms with Gasteiger partial charge >= 0.3 is 5.97 Å². The van der Waals surface area contributed by atoms with Gasteiger partial charge in [-0.05, 0) is 36.8 Å². The van der Waals surface area contributed by atoms with Crippen LogP contribution in [0.4, 0.5) is 0 Å². The Morgan fingerprint density at radius 3 is 2.68 bits per heavy atom. The van der Waals surface area contributed by atoms with E-state index in [0.29, 0.717) is 52.8 Å². The molecule has 1 unspecified atom stereocenters. The highest BCUT2D eigenvalue weighted by molar-refractivity contribution is 6.32. The molecule has 3 aliphatic rings. The minimum atomic E-state index is -0.710. The zero-order valence-corrected chi connectivity index (χ0v) is 19.2. The molecule has 1 aromatic rings. The normalized spacial score (nSPS) is 24.0. The highest BCUT2D eigenvalue weighted by Crippen LogP contribution is 2.51. The number of carbonyl (C=O) groups is 2. The van der Waals surface area contributed by atoms with E-state index < -0.39 is 11.8 Å². The van der Waals surface area contributed by atoms with E-state index in [-0.39, 0.29) is 24.0 Å². The number of hydrogen-bond acceptors (Lipinski definition) is 6. The van der Waals surface area contributed by atoms with Crippen LogP contribution in [0.1, 0.15) is 64.9 Å². The maximum Gasteiger partial charge on any atom is 0.315 e. The first-order chi connectivity index (χ1) is 14.7. The van der Waals surface area contributed by atoms with Gasteiger partial charge < -0.3 is 14.2 Å². The number of benzene rings is 1. The summed E-state index contributed by atoms with van der Waals surface area (Å²) in [5.41, 5.74) is 2.44. The maximum atomic E-state index is 13.3. The highest BCUT2D eigenvalue weighted by Gasteiger charge is 2.47. The lowest BCUT2D eigenvalue weighted by Gasteiger charge is -2.39. The molecule has 31 heavy (non-hydrogen) atoms. The van der Waals surface area contributed by atoms with Gasteiger partial charge in [0.2, 0.25) is 6.79 Å². The number of rotatable bonds is 5. The first-order valence-corrected chi connectivity index (χ1v) is 11.2. The number of hydrogen-bond donors (Lipinski definition) is 0. The molecule has 0 aromatic heterocycles. The molecule has 0 N–H and O–H groups in total. The third kappa shape index (κ3) is 4.10. The van der Waals surface area contributed by atoms with E-state index in [1.54, 1.807) is 12.1 Å². The van der Waals surface area contributed by atoms with Gasteiger partial charge in [-0.2, -0.15) is 0 Å². The van der Waals surface area contributed by atoms with Crippen molar-refractivity contribution in [3.8, 4) is 11.5 Å². The van der Waals surface area contributed by atoms with E-state index in [9.17, 15) is 9.59 Å². The van der Waals surface area contributed by atoms with Gasteiger partial charge in [0.15, 0.2) is 17.3 Å². The number of unbranched alkanes of at least 4 members (excludes halogenated alkanes) is 1. The van der Waals surface area contributed by atoms with Gasteiger partial charge in [-0.1, -0.05) is 38.8 Å². The summed E-state index contributed by atoms with van der Waals surface area (Å²) in [5.74, 6) is -0.526. The van der Waals surface area contributed by atoms with Gasteiger partial charge in [0.25, 0.3) is 0 Å². The Labute approximate surface area is 187 Å². The molecular weight excluding hydrogens is 418 g/mol. The third-order valence-corrected chi connectivity index (χ3v) is 6.45. The number of esters is 1. The van der Waals surface area contributed by atoms with Crippen molar-refractivity contribution in [2.24, 2.45) is 16.3 Å². The number of ketones is 1. The second-order valence-corrected chi connectivity index (χ2v) is 9.67. The molecule has 0 spiro atoms. The second kappa shape index (κ2) is 8.30. The first-order valence-electron chi connectivity index (χ1n) is 10.8. The van der Waals surface area contributed by atoms with Crippen LogP contribution in [0.3, 0.4) is 0 Å². The average molecular weight is 446 g/mol. The van der Waals surface area contributed by atoms with Crippen LogP contribution in [0.2, 0.25) is 5.02 Å². The second-order valence-electron chi connectivity index (χ2n) is 9.26. The minimum Gasteiger partial charge on any atom is -0.465 e. The van der Waals surface area contributed by atoms with Crippen molar-refractivity contribution in [2.45, 2.75) is 59.3 Å². The molecular formula is C24H28ClNO5. The number of ether oxygens (including phenoxy) is 3. The minimum absolute atomic E-state index is 0.00703. The SMILES string of the molecule is CCCCOC(=O)C1C(C)=NC2=C(C(=O)CC(C)(C)C2)[C@H]1c1cc2c(cc1Cl)OCO2. The molecule has 2 atom stereocenters. The quantitative estimate of drug-likeness (QED) is 0.458. The lowest BCUT2D eigenvalue weighted by molar-refractivity contribution is -0.146. The van der Waals surface area contributed by atoms with Crippen molar-refractivity contribution in [3.63, 3.8) is 0 Å². The summed E-state index contributed by atoms with van der Waals surface area (Å²) in [7, 11) is 0. The van der Waals surface area contributed by atoms with Gasteiger partial charge in [0.05, 0.1) is 6.61 Å². The summed E-state index contributed by atoms with van der Waals surface area (Å²) >= 11 is 6.66. The standard InChI is InChI=1S/C24H28ClNO5/c1-5-6-7-29-23(28)20-13(2)26-16-10-24(3,4)11-17(27)22(16)21(20)14-8-18-19(9-15(14)25)31-12-30-18/h8-9,20-21H,5-7,10-12H2,1-4H3/t20?,21-/m0/s1. The third-order valence-electron chi connectivity index (χ3n) is 6.13. The molecule has 7 heteroatoms. The summed E-state index contributed by atoms with van der Waals surface area (Å²) in [6.07, 6.45) is 2.77. The fourth-order valence-corrected chi connectivity index (χ4v) is 4.94. The Morgan fingerprint density at radius 2 is 1.97 bits per heavy atom. The topological polar surface area (TPSA) is 74.2 Å². The molecule has 0 fully saturated rings. The summed E-state index contributed by atoms with van der Waals surface area (Å²) in [6, 6.07) is 3.48. The van der Waals surface area contributed by atoms with Crippen LogP contribution in [0.5, 0.6) is 11.5 Å². The molecule has 2 heterocycles. The van der Waals surface area contributed by atoms with Gasteiger partial charge in [-0.25, -0.2) is 0 Å². The number of allylic oxidation sites excluding steroid dienone is 2. The molecule has 166 valence electrons. The molecule has 0 bridgehead atoms. The van der Waals surface area contributed by atoms with Crippen molar-refractivity contribution in [3.05, 3.63) is 34.0 Å². The van der Waals surface area contributed by atoms with Crippen molar-refractivity contribution >= 4 is 29.1 Å².